The highest BCUT2D eigenvalue weighted by Crippen LogP contribution is 2.22. The predicted octanol–water partition coefficient (Wildman–Crippen LogP) is 1.44. The van der Waals surface area contributed by atoms with Crippen LogP contribution in [0.3, 0.4) is 0 Å². The molecule has 5 heteroatoms. The number of aliphatic carboxylic acids is 1. The molecule has 1 aromatic carbocycles. The summed E-state index contributed by atoms with van der Waals surface area (Å²) in [5.41, 5.74) is 1.31. The smallest absolute Gasteiger partial charge is 0.307 e. The van der Waals surface area contributed by atoms with Crippen LogP contribution in [0, 0.1) is 11.3 Å². The maximum atomic E-state index is 10.5. The summed E-state index contributed by atoms with van der Waals surface area (Å²) in [5.74, 6) is -0.962. The summed E-state index contributed by atoms with van der Waals surface area (Å²) in [6.07, 6.45) is -0.152. The Morgan fingerprint density at radius 2 is 2.13 bits per heavy atom. The molecule has 4 nitrogen and oxygen atoms in total. The van der Waals surface area contributed by atoms with E-state index in [0.29, 0.717) is 21.2 Å². The van der Waals surface area contributed by atoms with Crippen LogP contribution in [0.5, 0.6) is 0 Å². The highest BCUT2D eigenvalue weighted by atomic mass is 79.9. The van der Waals surface area contributed by atoms with Gasteiger partial charge in [0.05, 0.1) is 24.7 Å². The predicted molar refractivity (Wildman–Crippen MR) is 56.1 cm³/mol. The van der Waals surface area contributed by atoms with Gasteiger partial charge in [-0.3, -0.25) is 4.79 Å². The molecule has 0 fully saturated rings. The van der Waals surface area contributed by atoms with E-state index in [4.69, 9.17) is 15.5 Å². The maximum absolute atomic E-state index is 10.5. The Morgan fingerprint density at radius 3 is 2.60 bits per heavy atom. The van der Waals surface area contributed by atoms with Gasteiger partial charge in [-0.05, 0) is 23.3 Å². The molecule has 2 N–H and O–H groups in total. The summed E-state index contributed by atoms with van der Waals surface area (Å²) in [6.45, 7) is -0.241. The summed E-state index contributed by atoms with van der Waals surface area (Å²) in [5, 5.41) is 26.4. The number of nitrogens with zero attached hydrogens (tertiary/aromatic N) is 1. The molecule has 0 aliphatic rings. The Hall–Kier alpha value is -1.38. The lowest BCUT2D eigenvalue weighted by atomic mass is 10.0. The quantitative estimate of drug-likeness (QED) is 0.870. The van der Waals surface area contributed by atoms with Gasteiger partial charge < -0.3 is 10.2 Å². The average Bonchev–Trinajstić information content (AvgIpc) is 2.19. The third kappa shape index (κ3) is 2.78. The first-order valence-electron chi connectivity index (χ1n) is 4.12. The average molecular weight is 270 g/mol. The van der Waals surface area contributed by atoms with Crippen LogP contribution >= 0.6 is 15.9 Å². The van der Waals surface area contributed by atoms with Gasteiger partial charge in [0.15, 0.2) is 0 Å². The number of aliphatic hydroxyl groups is 1. The second kappa shape index (κ2) is 4.91. The van der Waals surface area contributed by atoms with Gasteiger partial charge in [-0.25, -0.2) is 0 Å². The molecule has 0 aromatic heterocycles. The van der Waals surface area contributed by atoms with Crippen molar-refractivity contribution in [3.05, 3.63) is 33.3 Å². The van der Waals surface area contributed by atoms with Crippen molar-refractivity contribution in [2.45, 2.75) is 13.0 Å². The van der Waals surface area contributed by atoms with Crippen molar-refractivity contribution in [1.29, 1.82) is 5.26 Å². The van der Waals surface area contributed by atoms with Crippen molar-refractivity contribution in [2.24, 2.45) is 0 Å². The van der Waals surface area contributed by atoms with Crippen LogP contribution in [-0.2, 0) is 17.8 Å². The van der Waals surface area contributed by atoms with Gasteiger partial charge in [-0.15, -0.1) is 0 Å². The van der Waals surface area contributed by atoms with Crippen LogP contribution in [0.1, 0.15) is 16.7 Å². The fourth-order valence-electron chi connectivity index (χ4n) is 1.19. The van der Waals surface area contributed by atoms with E-state index in [-0.39, 0.29) is 13.0 Å². The van der Waals surface area contributed by atoms with Crippen LogP contribution in [0.4, 0.5) is 0 Å². The molecule has 1 rings (SSSR count). The lowest BCUT2D eigenvalue weighted by Gasteiger charge is -2.06. The van der Waals surface area contributed by atoms with Crippen molar-refractivity contribution in [1.82, 2.24) is 0 Å². The summed E-state index contributed by atoms with van der Waals surface area (Å²) in [7, 11) is 0. The number of nitriles is 1. The number of carboxylic acids is 1. The Labute approximate surface area is 94.9 Å². The SMILES string of the molecule is N#Cc1cc(CC(=O)O)c(Br)cc1CO. The molecule has 0 bridgehead atoms. The number of benzene rings is 1. The lowest BCUT2D eigenvalue weighted by Crippen LogP contribution is -2.02. The van der Waals surface area contributed by atoms with Gasteiger partial charge >= 0.3 is 5.97 Å². The third-order valence-electron chi connectivity index (χ3n) is 1.90. The van der Waals surface area contributed by atoms with Crippen molar-refractivity contribution < 1.29 is 15.0 Å². The molecular weight excluding hydrogens is 262 g/mol. The Morgan fingerprint density at radius 1 is 1.47 bits per heavy atom. The molecule has 0 unspecified atom stereocenters. The molecule has 0 aliphatic heterocycles. The first-order valence-corrected chi connectivity index (χ1v) is 4.91. The summed E-state index contributed by atoms with van der Waals surface area (Å²) in [6, 6.07) is 4.96. The van der Waals surface area contributed by atoms with Crippen LogP contribution in [-0.4, -0.2) is 16.2 Å². The number of rotatable bonds is 3. The number of aliphatic hydroxyl groups excluding tert-OH is 1. The third-order valence-corrected chi connectivity index (χ3v) is 2.64. The Balaban J connectivity index is 3.21. The van der Waals surface area contributed by atoms with Gasteiger partial charge in [0.1, 0.15) is 0 Å². The minimum atomic E-state index is -0.962. The molecule has 0 saturated carbocycles. The standard InChI is InChI=1S/C10H8BrNO3/c11-9-2-8(5-13)7(4-12)1-6(9)3-10(14)15/h1-2,13H,3,5H2,(H,14,15). The van der Waals surface area contributed by atoms with Crippen LogP contribution in [0.2, 0.25) is 0 Å². The molecule has 0 radical (unpaired) electrons. The fraction of sp³-hybridized carbons (Fsp3) is 0.200. The van der Waals surface area contributed by atoms with Crippen molar-refractivity contribution >= 4 is 21.9 Å². The molecule has 78 valence electrons. The molecule has 1 aromatic rings. The second-order valence-electron chi connectivity index (χ2n) is 2.94. The highest BCUT2D eigenvalue weighted by Gasteiger charge is 2.10. The van der Waals surface area contributed by atoms with Gasteiger partial charge in [-0.2, -0.15) is 5.26 Å². The summed E-state index contributed by atoms with van der Waals surface area (Å²) in [4.78, 5) is 10.5. The van der Waals surface area contributed by atoms with Crippen molar-refractivity contribution in [2.75, 3.05) is 0 Å². The van der Waals surface area contributed by atoms with E-state index >= 15 is 0 Å². The van der Waals surface area contributed by atoms with Gasteiger partial charge in [0, 0.05) is 4.47 Å². The van der Waals surface area contributed by atoms with Gasteiger partial charge in [0.2, 0.25) is 0 Å². The van der Waals surface area contributed by atoms with Crippen molar-refractivity contribution in [3.63, 3.8) is 0 Å². The molecule has 15 heavy (non-hydrogen) atoms. The van der Waals surface area contributed by atoms with E-state index < -0.39 is 5.97 Å². The van der Waals surface area contributed by atoms with E-state index in [1.807, 2.05) is 6.07 Å². The minimum Gasteiger partial charge on any atom is -0.481 e. The zero-order valence-corrected chi connectivity index (χ0v) is 9.28. The van der Waals surface area contributed by atoms with Gasteiger partial charge in [-0.1, -0.05) is 15.9 Å². The normalized spacial score (nSPS) is 9.67. The molecule has 0 saturated heterocycles. The number of halogens is 1. The number of carboxylic acid groups (broad SMARTS) is 1. The molecule has 0 atom stereocenters. The van der Waals surface area contributed by atoms with Crippen molar-refractivity contribution in [3.8, 4) is 6.07 Å². The molecule has 0 heterocycles. The van der Waals surface area contributed by atoms with Crippen LogP contribution < -0.4 is 0 Å². The zero-order valence-electron chi connectivity index (χ0n) is 7.70. The highest BCUT2D eigenvalue weighted by molar-refractivity contribution is 9.10. The van der Waals surface area contributed by atoms with E-state index in [9.17, 15) is 4.79 Å². The largest absolute Gasteiger partial charge is 0.481 e. The minimum absolute atomic E-state index is 0.152. The zero-order chi connectivity index (χ0) is 11.4. The first-order chi connectivity index (χ1) is 7.08. The van der Waals surface area contributed by atoms with E-state index in [1.54, 1.807) is 6.07 Å². The van der Waals surface area contributed by atoms with Gasteiger partial charge in [0.25, 0.3) is 0 Å². The molecule has 0 spiro atoms. The number of hydrogen-bond acceptors (Lipinski definition) is 3. The van der Waals surface area contributed by atoms with E-state index in [1.165, 1.54) is 6.07 Å². The second-order valence-corrected chi connectivity index (χ2v) is 3.80. The molecule has 0 amide bonds. The summed E-state index contributed by atoms with van der Waals surface area (Å²) >= 11 is 3.20. The Kier molecular flexibility index (Phi) is 3.83. The van der Waals surface area contributed by atoms with Crippen LogP contribution in [0.15, 0.2) is 16.6 Å². The van der Waals surface area contributed by atoms with E-state index in [0.717, 1.165) is 0 Å². The van der Waals surface area contributed by atoms with Crippen LogP contribution in [0.25, 0.3) is 0 Å². The molecular formula is C10H8BrNO3. The first kappa shape index (κ1) is 11.7. The number of carbonyl (C=O) groups is 1. The number of hydrogen-bond donors (Lipinski definition) is 2. The Bertz CT molecular complexity index is 437. The lowest BCUT2D eigenvalue weighted by molar-refractivity contribution is -0.136. The molecule has 0 aliphatic carbocycles. The maximum Gasteiger partial charge on any atom is 0.307 e. The summed E-state index contributed by atoms with van der Waals surface area (Å²) < 4.78 is 0.591. The topological polar surface area (TPSA) is 81.3 Å². The fourth-order valence-corrected chi connectivity index (χ4v) is 1.72. The van der Waals surface area contributed by atoms with E-state index in [2.05, 4.69) is 15.9 Å². The monoisotopic (exact) mass is 269 g/mol.